The van der Waals surface area contributed by atoms with Crippen LogP contribution in [0.25, 0.3) is 39.3 Å². The number of carbonyl (C=O) groups is 1. The van der Waals surface area contributed by atoms with Gasteiger partial charge in [0.15, 0.2) is 0 Å². The average molecular weight is 528 g/mol. The molecule has 0 fully saturated rings. The number of benzene rings is 4. The molecular weight excluding hydrogens is 506 g/mol. The van der Waals surface area contributed by atoms with Crippen molar-refractivity contribution in [2.24, 2.45) is 0 Å². The van der Waals surface area contributed by atoms with Gasteiger partial charge in [0.05, 0.1) is 5.56 Å². The van der Waals surface area contributed by atoms with Crippen LogP contribution in [0.2, 0.25) is 0 Å². The van der Waals surface area contributed by atoms with E-state index in [4.69, 9.17) is 18.6 Å². The summed E-state index contributed by atoms with van der Waals surface area (Å²) in [5.41, 5.74) is 7.63. The lowest BCUT2D eigenvalue weighted by Crippen LogP contribution is -2.68. The van der Waals surface area contributed by atoms with Gasteiger partial charge in [-0.15, -0.1) is 10.2 Å². The monoisotopic (exact) mass is 527 g/mol. The standard InChI is InChI=1S/C30H21NO2.ClHO4/c32-30(33)25-16-18-27(19-17-25)31-28(23-12-6-2-7-13-23)20-26(22-10-4-1-5-11-22)21-29(31)24-14-8-3-9-15-24;2-1(3,4)5/h1-21H;(H,2,3,4,5). The van der Waals surface area contributed by atoms with Crippen molar-refractivity contribution in [1.29, 1.82) is 0 Å². The van der Waals surface area contributed by atoms with Crippen LogP contribution in [-0.2, 0) is 0 Å². The van der Waals surface area contributed by atoms with Gasteiger partial charge in [0.25, 0.3) is 0 Å². The highest BCUT2D eigenvalue weighted by molar-refractivity contribution is 5.87. The predicted octanol–water partition coefficient (Wildman–Crippen LogP) is 1.91. The van der Waals surface area contributed by atoms with Crippen LogP contribution < -0.4 is 23.2 Å². The molecule has 0 saturated carbocycles. The van der Waals surface area contributed by atoms with Gasteiger partial charge < -0.3 is 5.11 Å². The summed E-state index contributed by atoms with van der Waals surface area (Å²) in [4.78, 5) is 11.4. The maximum atomic E-state index is 11.4. The Morgan fingerprint density at radius 1 is 0.553 bits per heavy atom. The van der Waals surface area contributed by atoms with Gasteiger partial charge in [-0.1, -0.05) is 66.7 Å². The number of pyridine rings is 1. The van der Waals surface area contributed by atoms with Crippen LogP contribution in [0.3, 0.4) is 0 Å². The Bertz CT molecular complexity index is 1440. The van der Waals surface area contributed by atoms with E-state index in [9.17, 15) is 9.90 Å². The van der Waals surface area contributed by atoms with Crippen LogP contribution in [0.1, 0.15) is 10.4 Å². The Kier molecular flexibility index (Phi) is 8.28. The summed E-state index contributed by atoms with van der Waals surface area (Å²) in [6.45, 7) is 0. The fourth-order valence-electron chi connectivity index (χ4n) is 4.07. The third kappa shape index (κ3) is 6.89. The van der Waals surface area contributed by atoms with Gasteiger partial charge in [-0.3, -0.25) is 0 Å². The highest BCUT2D eigenvalue weighted by atomic mass is 35.7. The molecule has 5 aromatic rings. The molecule has 8 heteroatoms. The van der Waals surface area contributed by atoms with E-state index in [1.165, 1.54) is 0 Å². The summed E-state index contributed by atoms with van der Waals surface area (Å²) in [6, 6.07) is 42.3. The largest absolute Gasteiger partial charge is 0.478 e. The molecule has 7 nitrogen and oxygen atoms in total. The lowest BCUT2D eigenvalue weighted by atomic mass is 9.98. The van der Waals surface area contributed by atoms with Gasteiger partial charge in [0, 0.05) is 35.4 Å². The first-order valence-electron chi connectivity index (χ1n) is 11.4. The van der Waals surface area contributed by atoms with Gasteiger partial charge in [-0.05, 0) is 47.5 Å². The third-order valence-corrected chi connectivity index (χ3v) is 5.68. The molecule has 0 spiro atoms. The Balaban J connectivity index is 0.000000617. The molecular formula is C30H22ClNO6. The van der Waals surface area contributed by atoms with Crippen LogP contribution in [-0.4, -0.2) is 11.1 Å². The summed E-state index contributed by atoms with van der Waals surface area (Å²) in [5, 5.41) is 9.37. The summed E-state index contributed by atoms with van der Waals surface area (Å²) in [5.74, 6) is -0.933. The highest BCUT2D eigenvalue weighted by Gasteiger charge is 2.25. The molecule has 0 radical (unpaired) electrons. The molecule has 1 heterocycles. The molecule has 0 aliphatic heterocycles. The van der Waals surface area contributed by atoms with Crippen LogP contribution in [0.15, 0.2) is 127 Å². The minimum absolute atomic E-state index is 0.266. The van der Waals surface area contributed by atoms with Crippen molar-refractivity contribution < 1.29 is 43.3 Å². The fourth-order valence-corrected chi connectivity index (χ4v) is 4.07. The third-order valence-electron chi connectivity index (χ3n) is 5.68. The van der Waals surface area contributed by atoms with Gasteiger partial charge in [0.2, 0.25) is 17.1 Å². The van der Waals surface area contributed by atoms with Gasteiger partial charge in [0.1, 0.15) is 0 Å². The number of carboxylic acids is 1. The fraction of sp³-hybridized carbons (Fsp3) is 0. The van der Waals surface area contributed by atoms with E-state index in [-0.39, 0.29) is 5.56 Å². The number of nitrogens with zero attached hydrogens (tertiary/aromatic N) is 1. The number of carboxylic acid groups (broad SMARTS) is 1. The first kappa shape index (κ1) is 26.7. The maximum Gasteiger partial charge on any atom is 0.335 e. The van der Waals surface area contributed by atoms with Crippen LogP contribution in [0.4, 0.5) is 0 Å². The average Bonchev–Trinajstić information content (AvgIpc) is 2.93. The highest BCUT2D eigenvalue weighted by Crippen LogP contribution is 2.30. The zero-order valence-electron chi connectivity index (χ0n) is 19.9. The molecule has 0 aliphatic carbocycles. The Hall–Kier alpha value is -4.37. The molecule has 1 aromatic heterocycles. The molecule has 0 atom stereocenters. The summed E-state index contributed by atoms with van der Waals surface area (Å²) in [7, 11) is -4.94. The van der Waals surface area contributed by atoms with Crippen LogP contribution in [0, 0.1) is 10.2 Å². The van der Waals surface area contributed by atoms with Crippen LogP contribution in [0.5, 0.6) is 0 Å². The second-order valence-electron chi connectivity index (χ2n) is 8.18. The SMILES string of the molecule is O=C(O)c1ccc(-[n+]2c(-c3ccccc3)cc(-c3ccccc3)cc2-c2ccccc2)cc1.[O-][Cl+3]([O-])([O-])[O-]. The zero-order chi connectivity index (χ0) is 27.1. The summed E-state index contributed by atoms with van der Waals surface area (Å²) in [6.07, 6.45) is 0. The quantitative estimate of drug-likeness (QED) is 0.347. The minimum Gasteiger partial charge on any atom is -0.478 e. The molecule has 0 bridgehead atoms. The first-order valence-corrected chi connectivity index (χ1v) is 12.7. The predicted molar refractivity (Wildman–Crippen MR) is 131 cm³/mol. The molecule has 0 amide bonds. The second kappa shape index (κ2) is 11.8. The van der Waals surface area contributed by atoms with Crippen molar-refractivity contribution in [2.45, 2.75) is 0 Å². The van der Waals surface area contributed by atoms with E-state index in [1.54, 1.807) is 12.1 Å². The minimum atomic E-state index is -4.94. The van der Waals surface area contributed by atoms with E-state index in [0.29, 0.717) is 0 Å². The van der Waals surface area contributed by atoms with E-state index in [0.717, 1.165) is 39.3 Å². The summed E-state index contributed by atoms with van der Waals surface area (Å²) < 4.78 is 36.2. The topological polar surface area (TPSA) is 133 Å². The number of halogens is 1. The molecule has 38 heavy (non-hydrogen) atoms. The van der Waals surface area contributed by atoms with Crippen molar-refractivity contribution in [2.75, 3.05) is 0 Å². The smallest absolute Gasteiger partial charge is 0.335 e. The molecule has 5 rings (SSSR count). The van der Waals surface area contributed by atoms with Crippen molar-refractivity contribution in [3.63, 3.8) is 0 Å². The van der Waals surface area contributed by atoms with Crippen molar-refractivity contribution >= 4 is 5.97 Å². The molecule has 4 aromatic carbocycles. The van der Waals surface area contributed by atoms with Crippen molar-refractivity contribution in [3.8, 4) is 39.3 Å². The first-order chi connectivity index (χ1) is 18.2. The van der Waals surface area contributed by atoms with Gasteiger partial charge in [-0.2, -0.15) is 4.57 Å². The van der Waals surface area contributed by atoms with Crippen LogP contribution >= 0.6 is 0 Å². The van der Waals surface area contributed by atoms with E-state index in [2.05, 4.69) is 53.1 Å². The van der Waals surface area contributed by atoms with E-state index < -0.39 is 16.2 Å². The lowest BCUT2D eigenvalue weighted by molar-refractivity contribution is -2.00. The summed E-state index contributed by atoms with van der Waals surface area (Å²) >= 11 is 0. The Labute approximate surface area is 221 Å². The maximum absolute atomic E-state index is 11.4. The van der Waals surface area contributed by atoms with E-state index in [1.807, 2.05) is 66.7 Å². The van der Waals surface area contributed by atoms with Gasteiger partial charge in [-0.25, -0.2) is 23.4 Å². The normalized spacial score (nSPS) is 10.8. The molecule has 0 aliphatic rings. The lowest BCUT2D eigenvalue weighted by Gasteiger charge is -2.17. The van der Waals surface area contributed by atoms with Crippen molar-refractivity contribution in [1.82, 2.24) is 0 Å². The Morgan fingerprint density at radius 3 is 1.29 bits per heavy atom. The zero-order valence-corrected chi connectivity index (χ0v) is 20.7. The number of aromatic nitrogens is 1. The molecule has 0 unspecified atom stereocenters. The molecule has 0 saturated heterocycles. The Morgan fingerprint density at radius 2 is 0.921 bits per heavy atom. The van der Waals surface area contributed by atoms with Gasteiger partial charge >= 0.3 is 5.97 Å². The number of hydrogen-bond acceptors (Lipinski definition) is 5. The van der Waals surface area contributed by atoms with E-state index >= 15 is 0 Å². The molecule has 190 valence electrons. The number of aromatic carboxylic acids is 1. The second-order valence-corrected chi connectivity index (χ2v) is 8.93. The molecule has 1 N–H and O–H groups in total. The number of rotatable bonds is 5. The number of hydrogen-bond donors (Lipinski definition) is 1. The van der Waals surface area contributed by atoms with Crippen molar-refractivity contribution in [3.05, 3.63) is 133 Å².